The molecule has 2 aromatic rings. The molecule has 1 atom stereocenters. The van der Waals surface area contributed by atoms with Crippen LogP contribution < -0.4 is 4.72 Å². The van der Waals surface area contributed by atoms with Crippen LogP contribution in [-0.2, 0) is 14.8 Å². The Morgan fingerprint density at radius 3 is 2.54 bits per heavy atom. The highest BCUT2D eigenvalue weighted by Gasteiger charge is 2.26. The first-order chi connectivity index (χ1) is 13.4. The molecule has 28 heavy (non-hydrogen) atoms. The number of nitrogens with one attached hydrogen (secondary N) is 1. The highest BCUT2D eigenvalue weighted by atomic mass is 35.5. The predicted octanol–water partition coefficient (Wildman–Crippen LogP) is 3.22. The monoisotopic (exact) mass is 439 g/mol. The second-order valence-corrected chi connectivity index (χ2v) is 8.87. The van der Waals surface area contributed by atoms with E-state index >= 15 is 0 Å². The lowest BCUT2D eigenvalue weighted by Gasteiger charge is -2.35. The predicted molar refractivity (Wildman–Crippen MR) is 108 cm³/mol. The summed E-state index contributed by atoms with van der Waals surface area (Å²) in [5.74, 6) is 0. The topological polar surface area (TPSA) is 82.4 Å². The van der Waals surface area contributed by atoms with E-state index in [0.29, 0.717) is 31.3 Å². The first-order valence-electron chi connectivity index (χ1n) is 8.68. The number of halogens is 2. The molecule has 2 aromatic carbocycles. The number of nitrogens with zero attached hydrogens (tertiary/aromatic N) is 2. The quantitative estimate of drug-likeness (QED) is 0.746. The van der Waals surface area contributed by atoms with Gasteiger partial charge in [-0.15, -0.1) is 0 Å². The Morgan fingerprint density at radius 2 is 1.86 bits per heavy atom. The first kappa shape index (κ1) is 21.1. The van der Waals surface area contributed by atoms with Crippen molar-refractivity contribution in [3.8, 4) is 6.07 Å². The molecule has 0 bridgehead atoms. The zero-order valence-corrected chi connectivity index (χ0v) is 17.3. The maximum atomic E-state index is 12.8. The number of rotatable bonds is 6. The minimum absolute atomic E-state index is 0.00617. The highest BCUT2D eigenvalue weighted by molar-refractivity contribution is 7.89. The van der Waals surface area contributed by atoms with Crippen LogP contribution in [0.5, 0.6) is 0 Å². The summed E-state index contributed by atoms with van der Waals surface area (Å²) in [6.07, 6.45) is 0. The van der Waals surface area contributed by atoms with Crippen LogP contribution in [0.25, 0.3) is 0 Å². The molecule has 0 aromatic heterocycles. The number of ether oxygens (including phenoxy) is 1. The molecule has 0 spiro atoms. The van der Waals surface area contributed by atoms with E-state index in [9.17, 15) is 8.42 Å². The molecule has 1 heterocycles. The zero-order chi connectivity index (χ0) is 20.1. The van der Waals surface area contributed by atoms with Gasteiger partial charge in [-0.25, -0.2) is 13.1 Å². The van der Waals surface area contributed by atoms with Gasteiger partial charge in [0.25, 0.3) is 0 Å². The summed E-state index contributed by atoms with van der Waals surface area (Å²) < 4.78 is 33.6. The molecule has 0 radical (unpaired) electrons. The average Bonchev–Trinajstić information content (AvgIpc) is 2.70. The van der Waals surface area contributed by atoms with Gasteiger partial charge in [0, 0.05) is 30.7 Å². The molecule has 0 saturated carbocycles. The molecule has 1 unspecified atom stereocenters. The number of morpholine rings is 1. The van der Waals surface area contributed by atoms with Crippen LogP contribution in [-0.4, -0.2) is 46.2 Å². The van der Waals surface area contributed by atoms with E-state index in [0.717, 1.165) is 5.56 Å². The largest absolute Gasteiger partial charge is 0.379 e. The fourth-order valence-electron chi connectivity index (χ4n) is 3.10. The summed E-state index contributed by atoms with van der Waals surface area (Å²) in [6, 6.07) is 13.1. The Labute approximate surface area is 174 Å². The third-order valence-electron chi connectivity index (χ3n) is 4.59. The SMILES string of the molecule is N#Cc1cc(S(=O)(=O)NCC(c2ccccc2Cl)N2CCOCC2)ccc1Cl. The Morgan fingerprint density at radius 1 is 1.14 bits per heavy atom. The number of hydrogen-bond donors (Lipinski definition) is 1. The van der Waals surface area contributed by atoms with Crippen LogP contribution in [0.2, 0.25) is 10.0 Å². The van der Waals surface area contributed by atoms with Gasteiger partial charge in [-0.2, -0.15) is 5.26 Å². The molecular weight excluding hydrogens is 421 g/mol. The van der Waals surface area contributed by atoms with Crippen molar-refractivity contribution in [2.24, 2.45) is 0 Å². The number of nitriles is 1. The summed E-state index contributed by atoms with van der Waals surface area (Å²) in [5, 5.41) is 9.89. The molecule has 1 fully saturated rings. The molecule has 1 aliphatic rings. The number of sulfonamides is 1. The van der Waals surface area contributed by atoms with Gasteiger partial charge in [0.1, 0.15) is 6.07 Å². The third-order valence-corrected chi connectivity index (χ3v) is 6.68. The average molecular weight is 440 g/mol. The maximum Gasteiger partial charge on any atom is 0.240 e. The minimum atomic E-state index is -3.82. The van der Waals surface area contributed by atoms with E-state index in [2.05, 4.69) is 9.62 Å². The third kappa shape index (κ3) is 4.84. The highest BCUT2D eigenvalue weighted by Crippen LogP contribution is 2.28. The van der Waals surface area contributed by atoms with Gasteiger partial charge in [0.05, 0.1) is 28.7 Å². The van der Waals surface area contributed by atoms with E-state index in [1.807, 2.05) is 24.3 Å². The molecule has 148 valence electrons. The molecule has 0 aliphatic carbocycles. The molecule has 0 amide bonds. The molecular formula is C19H19Cl2N3O3S. The van der Waals surface area contributed by atoms with Crippen LogP contribution in [0.4, 0.5) is 0 Å². The minimum Gasteiger partial charge on any atom is -0.379 e. The molecule has 1 N–H and O–H groups in total. The van der Waals surface area contributed by atoms with Crippen molar-refractivity contribution in [3.05, 3.63) is 63.6 Å². The summed E-state index contributed by atoms with van der Waals surface area (Å²) in [5.41, 5.74) is 0.961. The van der Waals surface area contributed by atoms with Crippen molar-refractivity contribution in [2.45, 2.75) is 10.9 Å². The van der Waals surface area contributed by atoms with Crippen molar-refractivity contribution < 1.29 is 13.2 Å². The van der Waals surface area contributed by atoms with Crippen molar-refractivity contribution >= 4 is 33.2 Å². The smallest absolute Gasteiger partial charge is 0.240 e. The zero-order valence-electron chi connectivity index (χ0n) is 14.9. The summed E-state index contributed by atoms with van der Waals surface area (Å²) in [7, 11) is -3.82. The van der Waals surface area contributed by atoms with Crippen molar-refractivity contribution in [1.29, 1.82) is 5.26 Å². The maximum absolute atomic E-state index is 12.8. The van der Waals surface area contributed by atoms with Crippen molar-refractivity contribution in [2.75, 3.05) is 32.8 Å². The normalized spacial score (nSPS) is 16.5. The van der Waals surface area contributed by atoms with Gasteiger partial charge in [-0.3, -0.25) is 4.90 Å². The lowest BCUT2D eigenvalue weighted by atomic mass is 10.0. The Bertz CT molecular complexity index is 986. The van der Waals surface area contributed by atoms with E-state index in [1.54, 1.807) is 6.07 Å². The molecule has 1 aliphatic heterocycles. The van der Waals surface area contributed by atoms with Crippen LogP contribution in [0.15, 0.2) is 47.4 Å². The van der Waals surface area contributed by atoms with Crippen LogP contribution >= 0.6 is 23.2 Å². The standard InChI is InChI=1S/C19H19Cl2N3O3S/c20-17-6-5-15(11-14(17)12-22)28(25,26)23-13-19(24-7-9-27-10-8-24)16-3-1-2-4-18(16)21/h1-6,11,19,23H,7-10,13H2. The Kier molecular flexibility index (Phi) is 6.94. The van der Waals surface area contributed by atoms with Crippen LogP contribution in [0.3, 0.4) is 0 Å². The van der Waals surface area contributed by atoms with Gasteiger partial charge >= 0.3 is 0 Å². The van der Waals surface area contributed by atoms with Crippen LogP contribution in [0, 0.1) is 11.3 Å². The fraction of sp³-hybridized carbons (Fsp3) is 0.316. The van der Waals surface area contributed by atoms with E-state index in [-0.39, 0.29) is 28.1 Å². The lowest BCUT2D eigenvalue weighted by molar-refractivity contribution is 0.0172. The number of hydrogen-bond acceptors (Lipinski definition) is 5. The summed E-state index contributed by atoms with van der Waals surface area (Å²) >= 11 is 12.3. The number of benzene rings is 2. The fourth-order valence-corrected chi connectivity index (χ4v) is 4.59. The van der Waals surface area contributed by atoms with Gasteiger partial charge in [0.2, 0.25) is 10.0 Å². The molecule has 6 nitrogen and oxygen atoms in total. The molecule has 1 saturated heterocycles. The second-order valence-electron chi connectivity index (χ2n) is 6.29. The Balaban J connectivity index is 1.85. The first-order valence-corrected chi connectivity index (χ1v) is 10.9. The van der Waals surface area contributed by atoms with Crippen molar-refractivity contribution in [3.63, 3.8) is 0 Å². The lowest BCUT2D eigenvalue weighted by Crippen LogP contribution is -2.43. The van der Waals surface area contributed by atoms with Gasteiger partial charge in [0.15, 0.2) is 0 Å². The molecule has 9 heteroatoms. The van der Waals surface area contributed by atoms with E-state index < -0.39 is 10.0 Å². The second kappa shape index (κ2) is 9.23. The summed E-state index contributed by atoms with van der Waals surface area (Å²) in [4.78, 5) is 2.14. The van der Waals surface area contributed by atoms with E-state index in [4.69, 9.17) is 33.2 Å². The van der Waals surface area contributed by atoms with E-state index in [1.165, 1.54) is 18.2 Å². The molecule has 3 rings (SSSR count). The van der Waals surface area contributed by atoms with Gasteiger partial charge in [-0.05, 0) is 29.8 Å². The van der Waals surface area contributed by atoms with Crippen LogP contribution in [0.1, 0.15) is 17.2 Å². The Hall–Kier alpha value is -1.66. The van der Waals surface area contributed by atoms with Crippen molar-refractivity contribution in [1.82, 2.24) is 9.62 Å². The summed E-state index contributed by atoms with van der Waals surface area (Å²) in [6.45, 7) is 2.65. The van der Waals surface area contributed by atoms with Gasteiger partial charge < -0.3 is 4.74 Å². The van der Waals surface area contributed by atoms with Gasteiger partial charge in [-0.1, -0.05) is 41.4 Å².